The normalized spacial score (nSPS) is 12.3. The van der Waals surface area contributed by atoms with Gasteiger partial charge in [0.2, 0.25) is 5.13 Å². The Balaban J connectivity index is 1.81. The standard InChI is InChI=1S/C16H12F3N7O2S/c1-8(13-24-9(2)25-26(13)15-22-7-12(4-20)29-15)23-14(27)10-3-11(6-21-5-10)28-16(17,18)19/h3,5-8H,1-2H3,(H,23,27)/t8-/m0/s1. The van der Waals surface area contributed by atoms with E-state index in [0.29, 0.717) is 21.7 Å². The molecule has 1 N–H and O–H groups in total. The first kappa shape index (κ1) is 20.2. The highest BCUT2D eigenvalue weighted by Gasteiger charge is 2.31. The average Bonchev–Trinajstić information content (AvgIpc) is 3.26. The monoisotopic (exact) mass is 423 g/mol. The molecular weight excluding hydrogens is 411 g/mol. The fraction of sp³-hybridized carbons (Fsp3) is 0.250. The van der Waals surface area contributed by atoms with Gasteiger partial charge in [-0.2, -0.15) is 9.94 Å². The number of carbonyl (C=O) groups is 1. The zero-order valence-electron chi connectivity index (χ0n) is 14.9. The number of halogens is 3. The number of alkyl halides is 3. The van der Waals surface area contributed by atoms with Crippen molar-refractivity contribution in [3.05, 3.63) is 46.7 Å². The average molecular weight is 423 g/mol. The maximum absolute atomic E-state index is 12.4. The maximum Gasteiger partial charge on any atom is 0.573 e. The van der Waals surface area contributed by atoms with E-state index in [1.807, 2.05) is 6.07 Å². The molecule has 0 unspecified atom stereocenters. The number of pyridine rings is 1. The summed E-state index contributed by atoms with van der Waals surface area (Å²) in [6.07, 6.45) is -1.54. The quantitative estimate of drug-likeness (QED) is 0.670. The molecule has 0 aromatic carbocycles. The van der Waals surface area contributed by atoms with Crippen LogP contribution in [0, 0.1) is 18.3 Å². The molecular formula is C16H12F3N7O2S. The molecule has 0 fully saturated rings. The molecule has 0 aliphatic rings. The van der Waals surface area contributed by atoms with E-state index >= 15 is 0 Å². The minimum absolute atomic E-state index is 0.123. The van der Waals surface area contributed by atoms with Gasteiger partial charge in [-0.05, 0) is 19.9 Å². The summed E-state index contributed by atoms with van der Waals surface area (Å²) in [5, 5.41) is 16.2. The highest BCUT2D eigenvalue weighted by molar-refractivity contribution is 7.14. The van der Waals surface area contributed by atoms with Gasteiger partial charge in [0, 0.05) is 6.20 Å². The fourth-order valence-electron chi connectivity index (χ4n) is 2.34. The predicted octanol–water partition coefficient (Wildman–Crippen LogP) is 2.69. The number of nitriles is 1. The van der Waals surface area contributed by atoms with Crippen LogP contribution in [0.2, 0.25) is 0 Å². The summed E-state index contributed by atoms with van der Waals surface area (Å²) in [6, 6.07) is 2.23. The van der Waals surface area contributed by atoms with E-state index in [-0.39, 0.29) is 5.56 Å². The number of nitrogens with zero attached hydrogens (tertiary/aromatic N) is 6. The van der Waals surface area contributed by atoms with Gasteiger partial charge in [-0.1, -0.05) is 11.3 Å². The van der Waals surface area contributed by atoms with Crippen molar-refractivity contribution in [2.75, 3.05) is 0 Å². The highest BCUT2D eigenvalue weighted by Crippen LogP contribution is 2.23. The third-order valence-electron chi connectivity index (χ3n) is 3.47. The molecule has 1 atom stereocenters. The molecule has 9 nitrogen and oxygen atoms in total. The number of nitrogens with one attached hydrogen (secondary N) is 1. The first-order valence-corrected chi connectivity index (χ1v) is 8.79. The molecule has 0 saturated carbocycles. The van der Waals surface area contributed by atoms with Gasteiger partial charge in [0.25, 0.3) is 5.91 Å². The smallest absolute Gasteiger partial charge is 0.404 e. The summed E-state index contributed by atoms with van der Waals surface area (Å²) in [5.74, 6) is -0.535. The summed E-state index contributed by atoms with van der Waals surface area (Å²) in [5.41, 5.74) is -0.123. The van der Waals surface area contributed by atoms with Crippen LogP contribution in [0.3, 0.4) is 0 Å². The van der Waals surface area contributed by atoms with Gasteiger partial charge in [0.05, 0.1) is 24.0 Å². The van der Waals surface area contributed by atoms with Crippen molar-refractivity contribution in [3.8, 4) is 17.0 Å². The van der Waals surface area contributed by atoms with Crippen LogP contribution in [0.5, 0.6) is 5.75 Å². The van der Waals surface area contributed by atoms with Gasteiger partial charge in [-0.15, -0.1) is 18.3 Å². The molecule has 0 saturated heterocycles. The van der Waals surface area contributed by atoms with Crippen LogP contribution >= 0.6 is 11.3 Å². The molecule has 13 heteroatoms. The number of hydrogen-bond donors (Lipinski definition) is 1. The van der Waals surface area contributed by atoms with E-state index in [9.17, 15) is 18.0 Å². The summed E-state index contributed by atoms with van der Waals surface area (Å²) in [7, 11) is 0. The van der Waals surface area contributed by atoms with E-state index < -0.39 is 24.1 Å². The van der Waals surface area contributed by atoms with Gasteiger partial charge in [0.15, 0.2) is 5.82 Å². The molecule has 29 heavy (non-hydrogen) atoms. The SMILES string of the molecule is Cc1nc([C@H](C)NC(=O)c2cncc(OC(F)(F)F)c2)n(-c2ncc(C#N)s2)n1. The summed E-state index contributed by atoms with van der Waals surface area (Å²) >= 11 is 1.10. The lowest BCUT2D eigenvalue weighted by atomic mass is 10.2. The largest absolute Gasteiger partial charge is 0.573 e. The molecule has 0 radical (unpaired) electrons. The van der Waals surface area contributed by atoms with Crippen LogP contribution in [-0.2, 0) is 0 Å². The Hall–Kier alpha value is -3.53. The number of amides is 1. The van der Waals surface area contributed by atoms with Crippen molar-refractivity contribution in [3.63, 3.8) is 0 Å². The number of aromatic nitrogens is 5. The van der Waals surface area contributed by atoms with Crippen LogP contribution in [0.1, 0.15) is 39.8 Å². The number of hydrogen-bond acceptors (Lipinski definition) is 8. The van der Waals surface area contributed by atoms with E-state index in [1.54, 1.807) is 13.8 Å². The maximum atomic E-state index is 12.4. The Morgan fingerprint density at radius 2 is 2.14 bits per heavy atom. The third-order valence-corrected chi connectivity index (χ3v) is 4.34. The molecule has 3 rings (SSSR count). The van der Waals surface area contributed by atoms with Crippen LogP contribution in [0.4, 0.5) is 13.2 Å². The van der Waals surface area contributed by atoms with Gasteiger partial charge in [0.1, 0.15) is 22.5 Å². The van der Waals surface area contributed by atoms with Crippen molar-refractivity contribution < 1.29 is 22.7 Å². The van der Waals surface area contributed by atoms with Crippen molar-refractivity contribution in [2.24, 2.45) is 0 Å². The van der Waals surface area contributed by atoms with Crippen LogP contribution in [-0.4, -0.2) is 37.0 Å². The van der Waals surface area contributed by atoms with Crippen LogP contribution < -0.4 is 10.1 Å². The second-order valence-electron chi connectivity index (χ2n) is 5.70. The van der Waals surface area contributed by atoms with E-state index in [1.165, 1.54) is 10.9 Å². The van der Waals surface area contributed by atoms with E-state index in [0.717, 1.165) is 29.8 Å². The van der Waals surface area contributed by atoms with Gasteiger partial charge in [-0.3, -0.25) is 9.78 Å². The van der Waals surface area contributed by atoms with Gasteiger partial charge < -0.3 is 10.1 Å². The Labute approximate surface area is 165 Å². The Morgan fingerprint density at radius 1 is 1.38 bits per heavy atom. The second kappa shape index (κ2) is 7.84. The minimum Gasteiger partial charge on any atom is -0.404 e. The molecule has 0 spiro atoms. The molecule has 3 aromatic heterocycles. The molecule has 3 aromatic rings. The molecule has 3 heterocycles. The van der Waals surface area contributed by atoms with Gasteiger partial charge in [-0.25, -0.2) is 9.97 Å². The van der Waals surface area contributed by atoms with Crippen molar-refractivity contribution in [1.29, 1.82) is 5.26 Å². The Kier molecular flexibility index (Phi) is 5.46. The Bertz CT molecular complexity index is 1090. The molecule has 0 aliphatic carbocycles. The zero-order chi connectivity index (χ0) is 21.2. The van der Waals surface area contributed by atoms with E-state index in [4.69, 9.17) is 5.26 Å². The van der Waals surface area contributed by atoms with Crippen molar-refractivity contribution in [2.45, 2.75) is 26.3 Å². The topological polar surface area (TPSA) is 119 Å². The van der Waals surface area contributed by atoms with Crippen molar-refractivity contribution in [1.82, 2.24) is 30.0 Å². The second-order valence-corrected chi connectivity index (χ2v) is 6.71. The minimum atomic E-state index is -4.89. The van der Waals surface area contributed by atoms with Crippen LogP contribution in [0.15, 0.2) is 24.7 Å². The Morgan fingerprint density at radius 3 is 2.79 bits per heavy atom. The zero-order valence-corrected chi connectivity index (χ0v) is 15.7. The molecule has 1 amide bonds. The number of ether oxygens (including phenoxy) is 1. The van der Waals surface area contributed by atoms with Gasteiger partial charge >= 0.3 is 6.36 Å². The number of thiazole rings is 1. The number of carbonyl (C=O) groups excluding carboxylic acids is 1. The molecule has 0 aliphatic heterocycles. The summed E-state index contributed by atoms with van der Waals surface area (Å²) < 4.78 is 42.2. The number of aryl methyl sites for hydroxylation is 1. The molecule has 150 valence electrons. The fourth-order valence-corrected chi connectivity index (χ4v) is 3.02. The molecule has 0 bridgehead atoms. The lowest BCUT2D eigenvalue weighted by molar-refractivity contribution is -0.274. The van der Waals surface area contributed by atoms with Crippen LogP contribution in [0.25, 0.3) is 5.13 Å². The first-order chi connectivity index (χ1) is 13.7. The van der Waals surface area contributed by atoms with E-state index in [2.05, 4.69) is 30.1 Å². The predicted molar refractivity (Wildman–Crippen MR) is 93.3 cm³/mol. The third kappa shape index (κ3) is 4.85. The lowest BCUT2D eigenvalue weighted by Gasteiger charge is -2.14. The van der Waals surface area contributed by atoms with Crippen molar-refractivity contribution >= 4 is 17.2 Å². The first-order valence-electron chi connectivity index (χ1n) is 7.98. The highest BCUT2D eigenvalue weighted by atomic mass is 32.1. The summed E-state index contributed by atoms with van der Waals surface area (Å²) in [6.45, 7) is 3.27. The number of rotatable bonds is 5. The summed E-state index contributed by atoms with van der Waals surface area (Å²) in [4.78, 5) is 24.8. The lowest BCUT2D eigenvalue weighted by Crippen LogP contribution is -2.29.